The van der Waals surface area contributed by atoms with E-state index in [4.69, 9.17) is 4.52 Å². The summed E-state index contributed by atoms with van der Waals surface area (Å²) in [5.74, 6) is -2.13. The van der Waals surface area contributed by atoms with Gasteiger partial charge < -0.3 is 9.63 Å². The third-order valence-electron chi connectivity index (χ3n) is 4.10. The normalized spacial score (nSPS) is 15.3. The summed E-state index contributed by atoms with van der Waals surface area (Å²) in [6.07, 6.45) is 0.304. The van der Waals surface area contributed by atoms with Crippen LogP contribution in [0.3, 0.4) is 0 Å². The summed E-state index contributed by atoms with van der Waals surface area (Å²) < 4.78 is 45.6. The zero-order valence-electron chi connectivity index (χ0n) is 13.0. The maximum atomic E-state index is 13.9. The molecule has 3 rings (SSSR count). The second-order valence-electron chi connectivity index (χ2n) is 5.61. The van der Waals surface area contributed by atoms with Gasteiger partial charge in [-0.1, -0.05) is 11.2 Å². The monoisotopic (exact) mass is 354 g/mol. The van der Waals surface area contributed by atoms with Crippen LogP contribution < -0.4 is 0 Å². The van der Waals surface area contributed by atoms with Gasteiger partial charge >= 0.3 is 5.97 Å². The second-order valence-corrected chi connectivity index (χ2v) is 7.48. The van der Waals surface area contributed by atoms with Crippen LogP contribution in [-0.2, 0) is 23.0 Å². The number of aryl methyl sites for hydroxylation is 2. The summed E-state index contributed by atoms with van der Waals surface area (Å²) in [5.41, 5.74) is 0.574. The highest BCUT2D eigenvalue weighted by molar-refractivity contribution is 7.89. The molecule has 1 N–H and O–H groups in total. The third-order valence-corrected chi connectivity index (χ3v) is 6.19. The van der Waals surface area contributed by atoms with Crippen LogP contribution in [0.25, 0.3) is 0 Å². The highest BCUT2D eigenvalue weighted by atomic mass is 32.2. The minimum Gasteiger partial charge on any atom is -0.478 e. The molecule has 1 aliphatic rings. The average Bonchev–Trinajstić information content (AvgIpc) is 2.85. The molecule has 1 aromatic heterocycles. The summed E-state index contributed by atoms with van der Waals surface area (Å²) >= 11 is 0. The van der Waals surface area contributed by atoms with Crippen molar-refractivity contribution in [1.82, 2.24) is 9.46 Å². The summed E-state index contributed by atoms with van der Waals surface area (Å²) in [4.78, 5) is 11.3. The first-order valence-corrected chi connectivity index (χ1v) is 8.64. The van der Waals surface area contributed by atoms with E-state index >= 15 is 0 Å². The Morgan fingerprint density at radius 2 is 2.08 bits per heavy atom. The van der Waals surface area contributed by atoms with Crippen molar-refractivity contribution in [3.05, 3.63) is 46.1 Å². The number of carbonyl (C=O) groups is 1. The van der Waals surface area contributed by atoms with Crippen molar-refractivity contribution in [2.75, 3.05) is 6.54 Å². The van der Waals surface area contributed by atoms with Crippen LogP contribution in [0.5, 0.6) is 0 Å². The molecule has 0 fully saturated rings. The lowest BCUT2D eigenvalue weighted by molar-refractivity contribution is 0.0689. The van der Waals surface area contributed by atoms with Gasteiger partial charge in [0.25, 0.3) is 0 Å². The molecule has 0 amide bonds. The Kier molecular flexibility index (Phi) is 3.92. The first-order chi connectivity index (χ1) is 11.2. The van der Waals surface area contributed by atoms with Crippen LogP contribution >= 0.6 is 0 Å². The Hall–Kier alpha value is -2.26. The number of aromatic carboxylic acids is 1. The molecule has 0 saturated carbocycles. The van der Waals surface area contributed by atoms with Crippen molar-refractivity contribution >= 4 is 16.0 Å². The standard InChI is InChI=1S/C15H15FN2O5S/c1-8-14(9(2)23-17-8)24(21,22)18-6-5-10-3-4-12(16)13(15(19)20)11(10)7-18/h3-4H,5-7H2,1-2H3,(H,19,20). The van der Waals surface area contributed by atoms with Gasteiger partial charge in [0, 0.05) is 13.1 Å². The lowest BCUT2D eigenvalue weighted by Crippen LogP contribution is -2.37. The minimum atomic E-state index is -3.92. The number of nitrogens with zero attached hydrogens (tertiary/aromatic N) is 2. The van der Waals surface area contributed by atoms with Crippen molar-refractivity contribution in [1.29, 1.82) is 0 Å². The predicted molar refractivity (Wildman–Crippen MR) is 80.6 cm³/mol. The van der Waals surface area contributed by atoms with E-state index in [0.717, 1.165) is 10.4 Å². The zero-order valence-corrected chi connectivity index (χ0v) is 13.9. The molecule has 2 aromatic rings. The van der Waals surface area contributed by atoms with Gasteiger partial charge in [-0.3, -0.25) is 0 Å². The Morgan fingerprint density at radius 1 is 1.38 bits per heavy atom. The number of sulfonamides is 1. The fourth-order valence-electron chi connectivity index (χ4n) is 2.99. The van der Waals surface area contributed by atoms with Crippen molar-refractivity contribution < 1.29 is 27.2 Å². The topological polar surface area (TPSA) is 101 Å². The third kappa shape index (κ3) is 2.49. The molecule has 0 spiro atoms. The van der Waals surface area contributed by atoms with Gasteiger partial charge in [-0.15, -0.1) is 0 Å². The van der Waals surface area contributed by atoms with E-state index in [2.05, 4.69) is 5.16 Å². The Labute approximate surface area is 137 Å². The number of carboxylic acid groups (broad SMARTS) is 1. The maximum absolute atomic E-state index is 13.9. The number of aromatic nitrogens is 1. The molecule has 0 aliphatic carbocycles. The van der Waals surface area contributed by atoms with Gasteiger partial charge in [-0.05, 0) is 37.5 Å². The quantitative estimate of drug-likeness (QED) is 0.903. The first-order valence-electron chi connectivity index (χ1n) is 7.20. The maximum Gasteiger partial charge on any atom is 0.339 e. The van der Waals surface area contributed by atoms with Gasteiger partial charge in [-0.25, -0.2) is 17.6 Å². The SMILES string of the molecule is Cc1noc(C)c1S(=O)(=O)N1CCc2ccc(F)c(C(=O)O)c2C1. The highest BCUT2D eigenvalue weighted by Gasteiger charge is 2.35. The molecule has 2 heterocycles. The molecular formula is C15H15FN2O5S. The van der Waals surface area contributed by atoms with Crippen molar-refractivity contribution in [3.63, 3.8) is 0 Å². The molecule has 0 bridgehead atoms. The first kappa shape index (κ1) is 16.6. The second kappa shape index (κ2) is 5.67. The number of rotatable bonds is 3. The summed E-state index contributed by atoms with van der Waals surface area (Å²) in [7, 11) is -3.92. The number of halogens is 1. The van der Waals surface area contributed by atoms with E-state index < -0.39 is 27.4 Å². The van der Waals surface area contributed by atoms with Crippen LogP contribution in [0.4, 0.5) is 4.39 Å². The van der Waals surface area contributed by atoms with Gasteiger partial charge in [0.1, 0.15) is 16.4 Å². The lowest BCUT2D eigenvalue weighted by Gasteiger charge is -2.29. The van der Waals surface area contributed by atoms with Crippen molar-refractivity contribution in [2.45, 2.75) is 31.7 Å². The number of carboxylic acids is 1. The predicted octanol–water partition coefficient (Wildman–Crippen LogP) is 1.88. The molecular weight excluding hydrogens is 339 g/mol. The average molecular weight is 354 g/mol. The number of benzene rings is 1. The van der Waals surface area contributed by atoms with E-state index in [1.165, 1.54) is 19.9 Å². The van der Waals surface area contributed by atoms with Gasteiger partial charge in [-0.2, -0.15) is 4.31 Å². The Bertz CT molecular complexity index is 916. The smallest absolute Gasteiger partial charge is 0.339 e. The number of fused-ring (bicyclic) bond motifs is 1. The Balaban J connectivity index is 2.07. The molecule has 1 aromatic carbocycles. The number of hydrogen-bond acceptors (Lipinski definition) is 5. The number of hydrogen-bond donors (Lipinski definition) is 1. The molecule has 0 radical (unpaired) electrons. The van der Waals surface area contributed by atoms with Crippen LogP contribution in [-0.4, -0.2) is 35.5 Å². The van der Waals surface area contributed by atoms with Crippen LogP contribution in [0.15, 0.2) is 21.6 Å². The van der Waals surface area contributed by atoms with E-state index in [-0.39, 0.29) is 35.0 Å². The van der Waals surface area contributed by atoms with Crippen molar-refractivity contribution in [2.24, 2.45) is 0 Å². The van der Waals surface area contributed by atoms with Gasteiger partial charge in [0.05, 0.1) is 5.56 Å². The molecule has 0 saturated heterocycles. The van der Waals surface area contributed by atoms with Crippen LogP contribution in [0, 0.1) is 19.7 Å². The van der Waals surface area contributed by atoms with Crippen LogP contribution in [0.2, 0.25) is 0 Å². The lowest BCUT2D eigenvalue weighted by atomic mass is 9.95. The van der Waals surface area contributed by atoms with E-state index in [1.807, 2.05) is 0 Å². The molecule has 9 heteroatoms. The molecule has 7 nitrogen and oxygen atoms in total. The van der Waals surface area contributed by atoms with E-state index in [1.54, 1.807) is 0 Å². The molecule has 0 atom stereocenters. The molecule has 24 heavy (non-hydrogen) atoms. The summed E-state index contributed by atoms with van der Waals surface area (Å²) in [6.45, 7) is 2.97. The minimum absolute atomic E-state index is 0.0285. The fourth-order valence-corrected chi connectivity index (χ4v) is 4.69. The summed E-state index contributed by atoms with van der Waals surface area (Å²) in [5, 5.41) is 12.9. The largest absolute Gasteiger partial charge is 0.478 e. The van der Waals surface area contributed by atoms with Crippen LogP contribution in [0.1, 0.15) is 32.9 Å². The van der Waals surface area contributed by atoms with Gasteiger partial charge in [0.15, 0.2) is 5.76 Å². The van der Waals surface area contributed by atoms with Gasteiger partial charge in [0.2, 0.25) is 10.0 Å². The molecule has 1 aliphatic heterocycles. The fraction of sp³-hybridized carbons (Fsp3) is 0.333. The van der Waals surface area contributed by atoms with Crippen molar-refractivity contribution in [3.8, 4) is 0 Å². The molecule has 128 valence electrons. The van der Waals surface area contributed by atoms with E-state index in [9.17, 15) is 22.7 Å². The zero-order chi connectivity index (χ0) is 17.6. The van der Waals surface area contributed by atoms with E-state index in [0.29, 0.717) is 12.0 Å². The Morgan fingerprint density at radius 3 is 2.67 bits per heavy atom. The molecule has 0 unspecified atom stereocenters. The highest BCUT2D eigenvalue weighted by Crippen LogP contribution is 2.30. The summed E-state index contributed by atoms with van der Waals surface area (Å²) in [6, 6.07) is 2.59.